The highest BCUT2D eigenvalue weighted by molar-refractivity contribution is 7.88. The Morgan fingerprint density at radius 3 is 2.24 bits per heavy atom. The van der Waals surface area contributed by atoms with Crippen molar-refractivity contribution in [3.8, 4) is 16.9 Å². The maximum atomic E-state index is 12.5. The number of benzene rings is 2. The fourth-order valence-corrected chi connectivity index (χ4v) is 2.38. The Morgan fingerprint density at radius 2 is 1.68 bits per heavy atom. The van der Waals surface area contributed by atoms with Gasteiger partial charge in [-0.15, -0.1) is 0 Å². The highest BCUT2D eigenvalue weighted by Gasteiger charge is 2.48. The van der Waals surface area contributed by atoms with Crippen LogP contribution < -0.4 is 9.92 Å². The zero-order valence-corrected chi connectivity index (χ0v) is 13.3. The van der Waals surface area contributed by atoms with Crippen LogP contribution in [0.15, 0.2) is 54.6 Å². The molecule has 25 heavy (non-hydrogen) atoms. The van der Waals surface area contributed by atoms with Gasteiger partial charge in [0.05, 0.1) is 0 Å². The summed E-state index contributed by atoms with van der Waals surface area (Å²) >= 11 is 0. The molecule has 0 aliphatic carbocycles. The molecule has 0 unspecified atom stereocenters. The van der Waals surface area contributed by atoms with Crippen molar-refractivity contribution in [1.82, 2.24) is 0 Å². The predicted octanol–water partition coefficient (Wildman–Crippen LogP) is 3.08. The molecule has 0 saturated heterocycles. The van der Waals surface area contributed by atoms with Crippen molar-refractivity contribution in [3.05, 3.63) is 60.2 Å². The van der Waals surface area contributed by atoms with Gasteiger partial charge in [0.2, 0.25) is 5.91 Å². The first-order valence-corrected chi connectivity index (χ1v) is 8.19. The first-order chi connectivity index (χ1) is 11.6. The lowest BCUT2D eigenvalue weighted by Crippen LogP contribution is -2.28. The van der Waals surface area contributed by atoms with Gasteiger partial charge in [-0.05, 0) is 29.3 Å². The molecule has 5 nitrogen and oxygen atoms in total. The number of carbonyl (C=O) groups excluding carboxylic acids is 1. The van der Waals surface area contributed by atoms with E-state index in [2.05, 4.69) is 4.18 Å². The molecule has 0 bridgehead atoms. The van der Waals surface area contributed by atoms with Gasteiger partial charge in [-0.1, -0.05) is 36.4 Å². The maximum absolute atomic E-state index is 12.5. The van der Waals surface area contributed by atoms with Gasteiger partial charge in [0, 0.05) is 11.6 Å². The Balaban J connectivity index is 2.51. The van der Waals surface area contributed by atoms with Crippen LogP contribution in [0.2, 0.25) is 0 Å². The van der Waals surface area contributed by atoms with Crippen LogP contribution in [0.5, 0.6) is 5.75 Å². The smallest absolute Gasteiger partial charge is 0.375 e. The molecule has 0 heterocycles. The Morgan fingerprint density at radius 1 is 1.04 bits per heavy atom. The second kappa shape index (κ2) is 6.98. The minimum Gasteiger partial charge on any atom is -0.375 e. The van der Waals surface area contributed by atoms with E-state index >= 15 is 0 Å². The van der Waals surface area contributed by atoms with Crippen LogP contribution in [0.3, 0.4) is 0 Å². The summed E-state index contributed by atoms with van der Waals surface area (Å²) in [6.45, 7) is 0. The van der Waals surface area contributed by atoms with Gasteiger partial charge in [0.1, 0.15) is 5.75 Å². The predicted molar refractivity (Wildman–Crippen MR) is 85.7 cm³/mol. The summed E-state index contributed by atoms with van der Waals surface area (Å²) in [5.41, 5.74) is 0.672. The summed E-state index contributed by atoms with van der Waals surface area (Å²) in [5.74, 6) is -1.43. The van der Waals surface area contributed by atoms with Crippen LogP contribution in [0.1, 0.15) is 5.56 Å². The molecule has 0 saturated carbocycles. The summed E-state index contributed by atoms with van der Waals surface area (Å²) < 4.78 is 64.1. The lowest BCUT2D eigenvalue weighted by atomic mass is 10.0. The van der Waals surface area contributed by atoms with Crippen molar-refractivity contribution in [2.45, 2.75) is 5.51 Å². The van der Waals surface area contributed by atoms with E-state index in [0.717, 1.165) is 23.8 Å². The van der Waals surface area contributed by atoms with E-state index in [9.17, 15) is 26.4 Å². The van der Waals surface area contributed by atoms with E-state index in [0.29, 0.717) is 5.56 Å². The lowest BCUT2D eigenvalue weighted by molar-refractivity contribution is -0.113. The Labute approximate surface area is 141 Å². The van der Waals surface area contributed by atoms with Crippen molar-refractivity contribution in [1.29, 1.82) is 0 Å². The molecule has 2 rings (SSSR count). The lowest BCUT2D eigenvalue weighted by Gasteiger charge is -2.12. The van der Waals surface area contributed by atoms with Crippen molar-refractivity contribution < 1.29 is 30.6 Å². The molecular formula is C16H12F3NO4S. The van der Waals surface area contributed by atoms with Gasteiger partial charge in [-0.2, -0.15) is 21.6 Å². The van der Waals surface area contributed by atoms with E-state index in [1.54, 1.807) is 30.3 Å². The van der Waals surface area contributed by atoms with E-state index in [-0.39, 0.29) is 5.56 Å². The first-order valence-electron chi connectivity index (χ1n) is 6.78. The van der Waals surface area contributed by atoms with E-state index in [1.807, 2.05) is 0 Å². The monoisotopic (exact) mass is 371 g/mol. The number of primary amides is 1. The van der Waals surface area contributed by atoms with Crippen LogP contribution in [0, 0.1) is 0 Å². The van der Waals surface area contributed by atoms with Crippen LogP contribution in [0.25, 0.3) is 17.2 Å². The Hall–Kier alpha value is -2.81. The highest BCUT2D eigenvalue weighted by Crippen LogP contribution is 2.32. The van der Waals surface area contributed by atoms with Gasteiger partial charge in [-0.25, -0.2) is 0 Å². The Bertz CT molecular complexity index is 907. The Kier molecular flexibility index (Phi) is 5.17. The van der Waals surface area contributed by atoms with Crippen molar-refractivity contribution in [2.24, 2.45) is 5.73 Å². The second-order valence-corrected chi connectivity index (χ2v) is 6.38. The number of nitrogens with two attached hydrogens (primary N) is 1. The number of carbonyl (C=O) groups is 1. The third-order valence-corrected chi connectivity index (χ3v) is 3.99. The number of halogens is 3. The van der Waals surface area contributed by atoms with Gasteiger partial charge >= 0.3 is 15.6 Å². The fraction of sp³-hybridized carbons (Fsp3) is 0.0625. The van der Waals surface area contributed by atoms with Crippen LogP contribution in [-0.4, -0.2) is 19.8 Å². The molecule has 1 amide bonds. The van der Waals surface area contributed by atoms with Gasteiger partial charge in [0.25, 0.3) is 0 Å². The third kappa shape index (κ3) is 4.60. The molecule has 0 aliphatic heterocycles. The van der Waals surface area contributed by atoms with Crippen LogP contribution in [-0.2, 0) is 14.9 Å². The maximum Gasteiger partial charge on any atom is 0.534 e. The summed E-state index contributed by atoms with van der Waals surface area (Å²) in [5, 5.41) is 0. The van der Waals surface area contributed by atoms with Crippen LogP contribution in [0.4, 0.5) is 13.2 Å². The van der Waals surface area contributed by atoms with Gasteiger partial charge in [-0.3, -0.25) is 4.79 Å². The van der Waals surface area contributed by atoms with Crippen molar-refractivity contribution in [3.63, 3.8) is 0 Å². The quantitative estimate of drug-likeness (QED) is 0.497. The van der Waals surface area contributed by atoms with Crippen LogP contribution >= 0.6 is 0 Å². The average molecular weight is 371 g/mol. The first kappa shape index (κ1) is 18.5. The summed E-state index contributed by atoms with van der Waals surface area (Å²) in [7, 11) is -5.84. The van der Waals surface area contributed by atoms with E-state index in [1.165, 1.54) is 12.1 Å². The molecule has 0 atom stereocenters. The zero-order valence-electron chi connectivity index (χ0n) is 12.5. The molecule has 9 heteroatoms. The van der Waals surface area contributed by atoms with Crippen molar-refractivity contribution in [2.75, 3.05) is 0 Å². The number of amides is 1. The SMILES string of the molecule is NC(=O)/C=C/c1cc(-c2ccccc2)ccc1OS(=O)(=O)C(F)(F)F. The van der Waals surface area contributed by atoms with Crippen molar-refractivity contribution >= 4 is 22.1 Å². The molecule has 2 aromatic rings. The minimum absolute atomic E-state index is 0.0482. The number of hydrogen-bond donors (Lipinski definition) is 1. The molecular weight excluding hydrogens is 359 g/mol. The summed E-state index contributed by atoms with van der Waals surface area (Å²) in [6.07, 6.45) is 1.97. The summed E-state index contributed by atoms with van der Waals surface area (Å²) in [6, 6.07) is 12.7. The average Bonchev–Trinajstić information content (AvgIpc) is 2.53. The fourth-order valence-electron chi connectivity index (χ4n) is 1.90. The molecule has 0 aromatic heterocycles. The molecule has 2 aromatic carbocycles. The second-order valence-electron chi connectivity index (χ2n) is 4.84. The number of alkyl halides is 3. The van der Waals surface area contributed by atoms with Gasteiger partial charge in [0.15, 0.2) is 0 Å². The van der Waals surface area contributed by atoms with E-state index in [4.69, 9.17) is 5.73 Å². The van der Waals surface area contributed by atoms with Gasteiger partial charge < -0.3 is 9.92 Å². The number of hydrogen-bond acceptors (Lipinski definition) is 4. The third-order valence-electron chi connectivity index (χ3n) is 3.03. The molecule has 0 radical (unpaired) electrons. The summed E-state index contributed by atoms with van der Waals surface area (Å²) in [4.78, 5) is 10.9. The number of rotatable bonds is 5. The highest BCUT2D eigenvalue weighted by atomic mass is 32.2. The largest absolute Gasteiger partial charge is 0.534 e. The van der Waals surface area contributed by atoms with E-state index < -0.39 is 27.3 Å². The zero-order chi connectivity index (χ0) is 18.7. The molecule has 0 fully saturated rings. The molecule has 132 valence electrons. The minimum atomic E-state index is -5.84. The molecule has 0 spiro atoms. The molecule has 2 N–H and O–H groups in total. The topological polar surface area (TPSA) is 86.5 Å². The normalized spacial score (nSPS) is 12.3. The standard InChI is InChI=1S/C16H12F3NO4S/c17-16(18,19)25(22,23)24-14-8-6-12(11-4-2-1-3-5-11)10-13(14)7-9-15(20)21/h1-10H,(H2,20,21)/b9-7+. The molecule has 0 aliphatic rings.